The third kappa shape index (κ3) is 5.07. The Morgan fingerprint density at radius 1 is 0.966 bits per heavy atom. The molecule has 0 aliphatic rings. The number of amides is 1. The predicted molar refractivity (Wildman–Crippen MR) is 114 cm³/mol. The first-order valence-corrected chi connectivity index (χ1v) is 10.5. The van der Waals surface area contributed by atoms with E-state index in [2.05, 4.69) is 10.0 Å². The van der Waals surface area contributed by atoms with E-state index in [0.717, 1.165) is 5.56 Å². The Balaban J connectivity index is 1.88. The minimum Gasteiger partial charge on any atom is -0.495 e. The van der Waals surface area contributed by atoms with Crippen molar-refractivity contribution in [3.63, 3.8) is 0 Å². The maximum Gasteiger partial charge on any atom is 0.261 e. The van der Waals surface area contributed by atoms with Gasteiger partial charge >= 0.3 is 0 Å². The Hall–Kier alpha value is -3.03. The van der Waals surface area contributed by atoms with E-state index in [9.17, 15) is 13.2 Å². The van der Waals surface area contributed by atoms with Crippen molar-refractivity contribution in [2.24, 2.45) is 0 Å². The summed E-state index contributed by atoms with van der Waals surface area (Å²) in [4.78, 5) is 12.5. The number of ether oxygens (including phenoxy) is 1. The van der Waals surface area contributed by atoms with Crippen LogP contribution in [0.3, 0.4) is 0 Å². The molecule has 2 N–H and O–H groups in total. The van der Waals surface area contributed by atoms with Gasteiger partial charge in [0.15, 0.2) is 0 Å². The van der Waals surface area contributed by atoms with Gasteiger partial charge in [-0.2, -0.15) is 0 Å². The fraction of sp³-hybridized carbons (Fsp3) is 0.0952. The molecule has 0 bridgehead atoms. The summed E-state index contributed by atoms with van der Waals surface area (Å²) in [5, 5.41) is 3.19. The van der Waals surface area contributed by atoms with Gasteiger partial charge in [-0.1, -0.05) is 29.3 Å². The van der Waals surface area contributed by atoms with Crippen molar-refractivity contribution in [2.45, 2.75) is 11.8 Å². The fourth-order valence-corrected chi connectivity index (χ4v) is 3.79. The fourth-order valence-electron chi connectivity index (χ4n) is 2.58. The van der Waals surface area contributed by atoms with Gasteiger partial charge in [0.05, 0.1) is 17.7 Å². The van der Waals surface area contributed by atoms with Gasteiger partial charge in [-0.05, 0) is 61.5 Å². The van der Waals surface area contributed by atoms with Gasteiger partial charge in [-0.3, -0.25) is 9.52 Å². The molecule has 3 aromatic rings. The maximum absolute atomic E-state index is 12.8. The number of sulfonamides is 1. The summed E-state index contributed by atoms with van der Waals surface area (Å²) < 4.78 is 33.3. The molecule has 0 heterocycles. The molecule has 29 heavy (non-hydrogen) atoms. The van der Waals surface area contributed by atoms with Gasteiger partial charge in [-0.15, -0.1) is 0 Å². The molecule has 0 radical (unpaired) electrons. The SMILES string of the molecule is COc1ccc(S(=O)(=O)Nc2ccc(C)cc2)cc1NC(=O)c1ccc(Cl)cc1. The van der Waals surface area contributed by atoms with Crippen LogP contribution in [0.4, 0.5) is 11.4 Å². The van der Waals surface area contributed by atoms with Crippen LogP contribution in [-0.4, -0.2) is 21.4 Å². The molecule has 1 amide bonds. The first-order chi connectivity index (χ1) is 13.8. The summed E-state index contributed by atoms with van der Waals surface area (Å²) in [6.45, 7) is 1.91. The molecular weight excluding hydrogens is 412 g/mol. The summed E-state index contributed by atoms with van der Waals surface area (Å²) in [5.74, 6) is -0.0809. The highest BCUT2D eigenvalue weighted by Crippen LogP contribution is 2.29. The smallest absolute Gasteiger partial charge is 0.261 e. The van der Waals surface area contributed by atoms with E-state index in [1.54, 1.807) is 36.4 Å². The second-order valence-corrected chi connectivity index (χ2v) is 8.41. The molecule has 0 fully saturated rings. The van der Waals surface area contributed by atoms with Gasteiger partial charge in [0, 0.05) is 16.3 Å². The number of nitrogens with one attached hydrogen (secondary N) is 2. The highest BCUT2D eigenvalue weighted by Gasteiger charge is 2.18. The first-order valence-electron chi connectivity index (χ1n) is 8.63. The van der Waals surface area contributed by atoms with E-state index in [0.29, 0.717) is 22.0 Å². The summed E-state index contributed by atoms with van der Waals surface area (Å²) in [6.07, 6.45) is 0. The van der Waals surface area contributed by atoms with Crippen LogP contribution in [0.15, 0.2) is 71.6 Å². The molecular formula is C21H19ClN2O4S. The second-order valence-electron chi connectivity index (χ2n) is 6.29. The van der Waals surface area contributed by atoms with Crippen molar-refractivity contribution in [1.29, 1.82) is 0 Å². The average Bonchev–Trinajstić information content (AvgIpc) is 2.70. The lowest BCUT2D eigenvalue weighted by Gasteiger charge is -2.13. The standard InChI is InChI=1S/C21H19ClN2O4S/c1-14-3-9-17(10-4-14)24-29(26,27)18-11-12-20(28-2)19(13-18)23-21(25)15-5-7-16(22)8-6-15/h3-13,24H,1-2H3,(H,23,25). The Morgan fingerprint density at radius 3 is 2.24 bits per heavy atom. The zero-order valence-corrected chi connectivity index (χ0v) is 17.3. The quantitative estimate of drug-likeness (QED) is 0.593. The molecule has 0 aromatic heterocycles. The summed E-state index contributed by atoms with van der Waals surface area (Å²) in [6, 6.07) is 17.6. The Labute approximate surface area is 174 Å². The van der Waals surface area contributed by atoms with E-state index in [4.69, 9.17) is 16.3 Å². The van der Waals surface area contributed by atoms with Crippen molar-refractivity contribution < 1.29 is 17.9 Å². The summed E-state index contributed by atoms with van der Waals surface area (Å²) in [7, 11) is -2.42. The van der Waals surface area contributed by atoms with Crippen LogP contribution in [0.25, 0.3) is 0 Å². The number of halogens is 1. The van der Waals surface area contributed by atoms with Crippen molar-refractivity contribution in [2.75, 3.05) is 17.1 Å². The molecule has 0 aliphatic carbocycles. The molecule has 6 nitrogen and oxygen atoms in total. The molecule has 0 saturated heterocycles. The minimum atomic E-state index is -3.85. The topological polar surface area (TPSA) is 84.5 Å². The van der Waals surface area contributed by atoms with Crippen LogP contribution in [-0.2, 0) is 10.0 Å². The van der Waals surface area contributed by atoms with Crippen molar-refractivity contribution in [3.8, 4) is 5.75 Å². The van der Waals surface area contributed by atoms with Gasteiger partial charge in [0.25, 0.3) is 15.9 Å². The molecule has 0 aliphatic heterocycles. The van der Waals surface area contributed by atoms with Crippen LogP contribution < -0.4 is 14.8 Å². The monoisotopic (exact) mass is 430 g/mol. The largest absolute Gasteiger partial charge is 0.495 e. The number of benzene rings is 3. The lowest BCUT2D eigenvalue weighted by atomic mass is 10.2. The highest BCUT2D eigenvalue weighted by atomic mass is 35.5. The van der Waals surface area contributed by atoms with Crippen LogP contribution >= 0.6 is 11.6 Å². The number of anilines is 2. The van der Waals surface area contributed by atoms with Crippen LogP contribution in [0.5, 0.6) is 5.75 Å². The minimum absolute atomic E-state index is 0.00900. The number of hydrogen-bond acceptors (Lipinski definition) is 4. The van der Waals surface area contributed by atoms with Crippen LogP contribution in [0.2, 0.25) is 5.02 Å². The van der Waals surface area contributed by atoms with Gasteiger partial charge in [0.2, 0.25) is 0 Å². The Bertz CT molecular complexity index is 1130. The number of hydrogen-bond donors (Lipinski definition) is 2. The maximum atomic E-state index is 12.8. The van der Waals surface area contributed by atoms with E-state index in [-0.39, 0.29) is 10.6 Å². The predicted octanol–water partition coefficient (Wildman–Crippen LogP) is 4.71. The van der Waals surface area contributed by atoms with E-state index < -0.39 is 15.9 Å². The molecule has 8 heteroatoms. The normalized spacial score (nSPS) is 11.0. The Kier molecular flexibility index (Phi) is 6.10. The third-order valence-corrected chi connectivity index (χ3v) is 5.77. The van der Waals surface area contributed by atoms with E-state index >= 15 is 0 Å². The van der Waals surface area contributed by atoms with Crippen LogP contribution in [0.1, 0.15) is 15.9 Å². The highest BCUT2D eigenvalue weighted by molar-refractivity contribution is 7.92. The summed E-state index contributed by atoms with van der Waals surface area (Å²) in [5.41, 5.74) is 2.07. The average molecular weight is 431 g/mol. The number of carbonyl (C=O) groups excluding carboxylic acids is 1. The van der Waals surface area contributed by atoms with Gasteiger partial charge in [0.1, 0.15) is 5.75 Å². The number of rotatable bonds is 6. The summed E-state index contributed by atoms with van der Waals surface area (Å²) >= 11 is 5.84. The lowest BCUT2D eigenvalue weighted by molar-refractivity contribution is 0.102. The molecule has 3 aromatic carbocycles. The zero-order valence-electron chi connectivity index (χ0n) is 15.8. The van der Waals surface area contributed by atoms with Gasteiger partial charge < -0.3 is 10.1 Å². The van der Waals surface area contributed by atoms with Crippen molar-refractivity contribution in [1.82, 2.24) is 0 Å². The van der Waals surface area contributed by atoms with E-state index in [1.165, 1.54) is 25.3 Å². The first kappa shape index (κ1) is 20.7. The van der Waals surface area contributed by atoms with Crippen molar-refractivity contribution >= 4 is 38.9 Å². The molecule has 3 rings (SSSR count). The number of methoxy groups -OCH3 is 1. The molecule has 0 atom stereocenters. The number of aryl methyl sites for hydroxylation is 1. The third-order valence-electron chi connectivity index (χ3n) is 4.14. The molecule has 0 saturated carbocycles. The van der Waals surface area contributed by atoms with Crippen molar-refractivity contribution in [3.05, 3.63) is 82.9 Å². The zero-order chi connectivity index (χ0) is 21.0. The molecule has 150 valence electrons. The van der Waals surface area contributed by atoms with Crippen LogP contribution in [0, 0.1) is 6.92 Å². The number of carbonyl (C=O) groups is 1. The van der Waals surface area contributed by atoms with E-state index in [1.807, 2.05) is 19.1 Å². The Morgan fingerprint density at radius 2 is 1.62 bits per heavy atom. The molecule has 0 unspecified atom stereocenters. The lowest BCUT2D eigenvalue weighted by Crippen LogP contribution is -2.15. The van der Waals surface area contributed by atoms with Gasteiger partial charge in [-0.25, -0.2) is 8.42 Å². The molecule has 0 spiro atoms. The second kappa shape index (κ2) is 8.55.